The van der Waals surface area contributed by atoms with Gasteiger partial charge in [0.25, 0.3) is 0 Å². The number of rotatable bonds is 6. The molecule has 27 heavy (non-hydrogen) atoms. The summed E-state index contributed by atoms with van der Waals surface area (Å²) in [7, 11) is 5.43. The molecule has 3 rings (SSSR count). The Kier molecular flexibility index (Phi) is 6.08. The van der Waals surface area contributed by atoms with Crippen LogP contribution >= 0.6 is 0 Å². The molecule has 1 aromatic carbocycles. The molecule has 3 N–H and O–H groups in total. The Bertz CT molecular complexity index is 736. The normalized spacial score (nSPS) is 28.5. The number of benzene rings is 1. The Balaban J connectivity index is 1.96. The smallest absolute Gasteiger partial charge is 0.118 e. The van der Waals surface area contributed by atoms with Crippen molar-refractivity contribution >= 4 is 0 Å². The summed E-state index contributed by atoms with van der Waals surface area (Å²) in [6, 6.07) is 6.54. The largest absolute Gasteiger partial charge is 0.497 e. The Labute approximate surface area is 157 Å². The average molecular weight is 378 g/mol. The predicted octanol–water partition coefficient (Wildman–Crippen LogP) is -0.256. The lowest BCUT2D eigenvalue weighted by Gasteiger charge is -2.42. The van der Waals surface area contributed by atoms with Gasteiger partial charge in [0.2, 0.25) is 0 Å². The fourth-order valence-corrected chi connectivity index (χ4v) is 3.32. The minimum Gasteiger partial charge on any atom is -0.497 e. The standard InChI is InChI=1S/C18H26N4O5/c1-21(2)8-12-9-22(20-19-12)15-17(25)16(24)14(10-23)27-18(15)11-4-6-13(26-3)7-5-11/h4-7,9,14-18,23-25H,8,10H2,1-3H3/t14-,15-,16+,17-,18+/m1/s1. The first-order valence-electron chi connectivity index (χ1n) is 8.76. The minimum atomic E-state index is -1.24. The monoisotopic (exact) mass is 378 g/mol. The van der Waals surface area contributed by atoms with Crippen molar-refractivity contribution in [2.45, 2.75) is 37.0 Å². The molecule has 148 valence electrons. The van der Waals surface area contributed by atoms with Crippen molar-refractivity contribution in [1.82, 2.24) is 19.9 Å². The van der Waals surface area contributed by atoms with Gasteiger partial charge in [-0.1, -0.05) is 17.3 Å². The van der Waals surface area contributed by atoms with Crippen molar-refractivity contribution in [2.75, 3.05) is 27.8 Å². The molecule has 0 bridgehead atoms. The average Bonchev–Trinajstić information content (AvgIpc) is 3.11. The SMILES string of the molecule is COc1ccc([C@@H]2O[C@H](CO)[C@H](O)[C@H](O)[C@H]2n2cc(CN(C)C)nn2)cc1. The second-order valence-corrected chi connectivity index (χ2v) is 6.95. The molecule has 0 spiro atoms. The van der Waals surface area contributed by atoms with Crippen LogP contribution in [0.3, 0.4) is 0 Å². The maximum Gasteiger partial charge on any atom is 0.118 e. The second-order valence-electron chi connectivity index (χ2n) is 6.95. The molecule has 9 nitrogen and oxygen atoms in total. The first-order valence-corrected chi connectivity index (χ1v) is 8.76. The molecule has 0 radical (unpaired) electrons. The molecular formula is C18H26N4O5. The Hall–Kier alpha value is -2.04. The number of aliphatic hydroxyl groups excluding tert-OH is 3. The molecule has 1 saturated heterocycles. The molecule has 0 aliphatic carbocycles. The number of methoxy groups -OCH3 is 1. The third-order valence-electron chi connectivity index (χ3n) is 4.68. The van der Waals surface area contributed by atoms with Gasteiger partial charge in [-0.25, -0.2) is 4.68 Å². The zero-order valence-electron chi connectivity index (χ0n) is 15.6. The van der Waals surface area contributed by atoms with E-state index in [-0.39, 0.29) is 0 Å². The van der Waals surface area contributed by atoms with E-state index in [0.29, 0.717) is 12.3 Å². The van der Waals surface area contributed by atoms with Gasteiger partial charge in [0.1, 0.15) is 36.2 Å². The lowest BCUT2D eigenvalue weighted by Crippen LogP contribution is -2.53. The van der Waals surface area contributed by atoms with E-state index >= 15 is 0 Å². The fourth-order valence-electron chi connectivity index (χ4n) is 3.32. The summed E-state index contributed by atoms with van der Waals surface area (Å²) in [5.41, 5.74) is 1.51. The van der Waals surface area contributed by atoms with Crippen LogP contribution in [0.4, 0.5) is 0 Å². The zero-order valence-corrected chi connectivity index (χ0v) is 15.6. The van der Waals surface area contributed by atoms with Gasteiger partial charge < -0.3 is 29.7 Å². The van der Waals surface area contributed by atoms with Gasteiger partial charge in [-0.05, 0) is 31.8 Å². The number of hydrogen-bond acceptors (Lipinski definition) is 8. The number of hydrogen-bond donors (Lipinski definition) is 3. The van der Waals surface area contributed by atoms with E-state index in [4.69, 9.17) is 9.47 Å². The topological polar surface area (TPSA) is 113 Å². The molecule has 2 aromatic rings. The van der Waals surface area contributed by atoms with E-state index in [1.54, 1.807) is 25.4 Å². The Morgan fingerprint density at radius 1 is 1.19 bits per heavy atom. The van der Waals surface area contributed by atoms with Crippen LogP contribution < -0.4 is 4.74 Å². The van der Waals surface area contributed by atoms with Crippen LogP contribution in [0.25, 0.3) is 0 Å². The summed E-state index contributed by atoms with van der Waals surface area (Å²) < 4.78 is 12.6. The molecule has 0 saturated carbocycles. The molecule has 2 heterocycles. The van der Waals surface area contributed by atoms with Gasteiger partial charge in [-0.15, -0.1) is 5.10 Å². The van der Waals surface area contributed by atoms with Crippen LogP contribution in [-0.2, 0) is 11.3 Å². The third-order valence-corrected chi connectivity index (χ3v) is 4.68. The summed E-state index contributed by atoms with van der Waals surface area (Å²) in [5.74, 6) is 0.694. The van der Waals surface area contributed by atoms with Crippen LogP contribution in [0.1, 0.15) is 23.4 Å². The molecular weight excluding hydrogens is 352 g/mol. The summed E-state index contributed by atoms with van der Waals surface area (Å²) in [5, 5.41) is 38.9. The number of aliphatic hydroxyl groups is 3. The molecule has 0 amide bonds. The molecule has 0 unspecified atom stereocenters. The van der Waals surface area contributed by atoms with Crippen molar-refractivity contribution in [1.29, 1.82) is 0 Å². The van der Waals surface area contributed by atoms with Crippen molar-refractivity contribution < 1.29 is 24.8 Å². The van der Waals surface area contributed by atoms with Crippen molar-refractivity contribution in [3.05, 3.63) is 41.7 Å². The lowest BCUT2D eigenvalue weighted by molar-refractivity contribution is -0.208. The highest BCUT2D eigenvalue weighted by Gasteiger charge is 2.46. The highest BCUT2D eigenvalue weighted by Crippen LogP contribution is 2.40. The van der Waals surface area contributed by atoms with E-state index in [1.807, 2.05) is 31.1 Å². The minimum absolute atomic E-state index is 0.402. The van der Waals surface area contributed by atoms with Gasteiger partial charge in [-0.2, -0.15) is 0 Å². The van der Waals surface area contributed by atoms with Crippen LogP contribution in [0.15, 0.2) is 30.5 Å². The quantitative estimate of drug-likeness (QED) is 0.630. The number of nitrogens with zero attached hydrogens (tertiary/aromatic N) is 4. The lowest BCUT2D eigenvalue weighted by atomic mass is 9.89. The van der Waals surface area contributed by atoms with Crippen molar-refractivity contribution in [3.8, 4) is 5.75 Å². The maximum atomic E-state index is 10.8. The second kappa shape index (κ2) is 8.32. The van der Waals surface area contributed by atoms with E-state index in [1.165, 1.54) is 4.68 Å². The van der Waals surface area contributed by atoms with E-state index in [0.717, 1.165) is 11.3 Å². The van der Waals surface area contributed by atoms with Gasteiger partial charge in [-0.3, -0.25) is 0 Å². The first kappa shape index (κ1) is 19.7. The van der Waals surface area contributed by atoms with Gasteiger partial charge in [0.15, 0.2) is 0 Å². The summed E-state index contributed by atoms with van der Waals surface area (Å²) >= 11 is 0. The summed E-state index contributed by atoms with van der Waals surface area (Å²) in [6.07, 6.45) is -2.21. The Morgan fingerprint density at radius 2 is 1.89 bits per heavy atom. The number of aromatic nitrogens is 3. The van der Waals surface area contributed by atoms with Crippen LogP contribution in [0.2, 0.25) is 0 Å². The van der Waals surface area contributed by atoms with Gasteiger partial charge in [0.05, 0.1) is 25.6 Å². The third kappa shape index (κ3) is 4.12. The summed E-state index contributed by atoms with van der Waals surface area (Å²) in [6.45, 7) is 0.194. The highest BCUT2D eigenvalue weighted by atomic mass is 16.5. The first-order chi connectivity index (χ1) is 12.9. The van der Waals surface area contributed by atoms with Crippen LogP contribution in [0, 0.1) is 0 Å². The van der Waals surface area contributed by atoms with Crippen LogP contribution in [0.5, 0.6) is 5.75 Å². The molecule has 1 aromatic heterocycles. The Morgan fingerprint density at radius 3 is 2.48 bits per heavy atom. The van der Waals surface area contributed by atoms with Crippen molar-refractivity contribution in [3.63, 3.8) is 0 Å². The van der Waals surface area contributed by atoms with Gasteiger partial charge >= 0.3 is 0 Å². The predicted molar refractivity (Wildman–Crippen MR) is 96.2 cm³/mol. The zero-order chi connectivity index (χ0) is 19.6. The maximum absolute atomic E-state index is 10.8. The van der Waals surface area contributed by atoms with E-state index in [9.17, 15) is 15.3 Å². The molecule has 1 aliphatic rings. The molecule has 9 heteroatoms. The van der Waals surface area contributed by atoms with E-state index < -0.39 is 37.1 Å². The van der Waals surface area contributed by atoms with Crippen LogP contribution in [-0.4, -0.2) is 81.3 Å². The van der Waals surface area contributed by atoms with E-state index in [2.05, 4.69) is 10.3 Å². The highest BCUT2D eigenvalue weighted by molar-refractivity contribution is 5.30. The van der Waals surface area contributed by atoms with Crippen molar-refractivity contribution in [2.24, 2.45) is 0 Å². The fraction of sp³-hybridized carbons (Fsp3) is 0.556. The molecule has 5 atom stereocenters. The van der Waals surface area contributed by atoms with Gasteiger partial charge in [0, 0.05) is 6.54 Å². The summed E-state index contributed by atoms with van der Waals surface area (Å²) in [4.78, 5) is 1.96. The molecule has 1 fully saturated rings. The number of ether oxygens (including phenoxy) is 2. The molecule has 1 aliphatic heterocycles.